The number of amides is 1. The minimum Gasteiger partial charge on any atom is -0.482 e. The molecular weight excluding hydrogens is 324 g/mol. The van der Waals surface area contributed by atoms with Gasteiger partial charge in [-0.05, 0) is 24.5 Å². The van der Waals surface area contributed by atoms with Crippen LogP contribution in [-0.4, -0.2) is 18.6 Å². The van der Waals surface area contributed by atoms with Crippen LogP contribution in [0.2, 0.25) is 5.02 Å². The molecule has 1 fully saturated rings. The second-order valence-electron chi connectivity index (χ2n) is 5.93. The number of rotatable bonds is 8. The van der Waals surface area contributed by atoms with Crippen molar-refractivity contribution < 1.29 is 9.53 Å². The predicted octanol–water partition coefficient (Wildman–Crippen LogP) is 3.29. The summed E-state index contributed by atoms with van der Waals surface area (Å²) in [7, 11) is 0. The van der Waals surface area contributed by atoms with Gasteiger partial charge < -0.3 is 15.4 Å². The lowest BCUT2D eigenvalue weighted by Gasteiger charge is -2.13. The van der Waals surface area contributed by atoms with Crippen molar-refractivity contribution in [2.45, 2.75) is 32.0 Å². The van der Waals surface area contributed by atoms with Crippen molar-refractivity contribution in [3.63, 3.8) is 0 Å². The molecule has 1 aliphatic rings. The Hall–Kier alpha value is -2.04. The standard InChI is InChI=1S/C19H21ClN2O2/c20-17-8-4-7-15(12-21-16-9-10-16)19(17)24-13-18(23)22-11-14-5-2-1-3-6-14/h1-8,16,21H,9-13H2,(H,22,23). The Morgan fingerprint density at radius 3 is 2.62 bits per heavy atom. The lowest BCUT2D eigenvalue weighted by molar-refractivity contribution is -0.123. The van der Waals surface area contributed by atoms with Gasteiger partial charge in [-0.1, -0.05) is 54.1 Å². The first-order valence-electron chi connectivity index (χ1n) is 8.16. The third kappa shape index (κ3) is 4.98. The fourth-order valence-corrected chi connectivity index (χ4v) is 2.63. The Labute approximate surface area is 147 Å². The molecule has 0 aliphatic heterocycles. The van der Waals surface area contributed by atoms with Gasteiger partial charge in [-0.25, -0.2) is 0 Å². The van der Waals surface area contributed by atoms with Gasteiger partial charge in [0.15, 0.2) is 6.61 Å². The second-order valence-corrected chi connectivity index (χ2v) is 6.34. The van der Waals surface area contributed by atoms with Crippen LogP contribution in [0.5, 0.6) is 5.75 Å². The van der Waals surface area contributed by atoms with Gasteiger partial charge in [0.2, 0.25) is 0 Å². The lowest BCUT2D eigenvalue weighted by Crippen LogP contribution is -2.28. The van der Waals surface area contributed by atoms with Crippen LogP contribution < -0.4 is 15.4 Å². The summed E-state index contributed by atoms with van der Waals surface area (Å²) in [4.78, 5) is 12.0. The number of para-hydroxylation sites is 1. The summed E-state index contributed by atoms with van der Waals surface area (Å²) in [5.41, 5.74) is 2.03. The van der Waals surface area contributed by atoms with Crippen LogP contribution in [0.4, 0.5) is 0 Å². The van der Waals surface area contributed by atoms with Crippen LogP contribution in [-0.2, 0) is 17.9 Å². The summed E-state index contributed by atoms with van der Waals surface area (Å²) in [6.45, 7) is 1.14. The van der Waals surface area contributed by atoms with E-state index >= 15 is 0 Å². The maximum absolute atomic E-state index is 12.0. The fourth-order valence-electron chi connectivity index (χ4n) is 2.38. The largest absolute Gasteiger partial charge is 0.482 e. The van der Waals surface area contributed by atoms with Crippen molar-refractivity contribution >= 4 is 17.5 Å². The van der Waals surface area contributed by atoms with Crippen molar-refractivity contribution in [2.75, 3.05) is 6.61 Å². The Bertz CT molecular complexity index is 687. The van der Waals surface area contributed by atoms with Crippen molar-refractivity contribution in [1.29, 1.82) is 0 Å². The summed E-state index contributed by atoms with van der Waals surface area (Å²) >= 11 is 6.23. The van der Waals surface area contributed by atoms with Gasteiger partial charge in [-0.2, -0.15) is 0 Å². The highest BCUT2D eigenvalue weighted by atomic mass is 35.5. The smallest absolute Gasteiger partial charge is 0.258 e. The zero-order chi connectivity index (χ0) is 16.8. The molecule has 2 aromatic carbocycles. The third-order valence-electron chi connectivity index (χ3n) is 3.89. The number of hydrogen-bond acceptors (Lipinski definition) is 3. The second kappa shape index (κ2) is 8.18. The molecule has 0 aromatic heterocycles. The number of hydrogen-bond donors (Lipinski definition) is 2. The molecular formula is C19H21ClN2O2. The van der Waals surface area contributed by atoms with E-state index in [1.165, 1.54) is 12.8 Å². The van der Waals surface area contributed by atoms with Crippen LogP contribution in [0.15, 0.2) is 48.5 Å². The Balaban J connectivity index is 1.52. The third-order valence-corrected chi connectivity index (χ3v) is 4.18. The molecule has 126 valence electrons. The summed E-state index contributed by atoms with van der Waals surface area (Å²) in [5, 5.41) is 6.81. The number of benzene rings is 2. The molecule has 0 radical (unpaired) electrons. The van der Waals surface area contributed by atoms with E-state index in [0.717, 1.165) is 11.1 Å². The zero-order valence-corrected chi connectivity index (χ0v) is 14.2. The van der Waals surface area contributed by atoms with E-state index < -0.39 is 0 Å². The summed E-state index contributed by atoms with van der Waals surface area (Å²) in [5.74, 6) is 0.419. The molecule has 0 atom stereocenters. The molecule has 0 heterocycles. The average molecular weight is 345 g/mol. The topological polar surface area (TPSA) is 50.4 Å². The molecule has 5 heteroatoms. The maximum Gasteiger partial charge on any atom is 0.258 e. The van der Waals surface area contributed by atoms with E-state index in [2.05, 4.69) is 10.6 Å². The van der Waals surface area contributed by atoms with Crippen molar-refractivity contribution in [3.8, 4) is 5.75 Å². The number of ether oxygens (including phenoxy) is 1. The monoisotopic (exact) mass is 344 g/mol. The van der Waals surface area contributed by atoms with E-state index in [-0.39, 0.29) is 12.5 Å². The van der Waals surface area contributed by atoms with Crippen LogP contribution in [0.1, 0.15) is 24.0 Å². The number of halogens is 1. The van der Waals surface area contributed by atoms with Crippen LogP contribution in [0.3, 0.4) is 0 Å². The first kappa shape index (κ1) is 16.8. The molecule has 0 saturated heterocycles. The van der Waals surface area contributed by atoms with Gasteiger partial charge in [0, 0.05) is 24.7 Å². The molecule has 0 unspecified atom stereocenters. The van der Waals surface area contributed by atoms with Gasteiger partial charge >= 0.3 is 0 Å². The fraction of sp³-hybridized carbons (Fsp3) is 0.316. The minimum atomic E-state index is -0.167. The van der Waals surface area contributed by atoms with E-state index in [4.69, 9.17) is 16.3 Å². The van der Waals surface area contributed by atoms with Gasteiger partial charge in [0.25, 0.3) is 5.91 Å². The first-order valence-corrected chi connectivity index (χ1v) is 8.54. The van der Waals surface area contributed by atoms with Crippen LogP contribution in [0.25, 0.3) is 0 Å². The maximum atomic E-state index is 12.0. The van der Waals surface area contributed by atoms with Gasteiger partial charge in [0.05, 0.1) is 5.02 Å². The summed E-state index contributed by atoms with van der Waals surface area (Å²) < 4.78 is 5.69. The minimum absolute atomic E-state index is 0.0486. The first-order chi connectivity index (χ1) is 11.7. The lowest BCUT2D eigenvalue weighted by atomic mass is 10.2. The molecule has 4 nitrogen and oxygen atoms in total. The van der Waals surface area contributed by atoms with Gasteiger partial charge in [0.1, 0.15) is 5.75 Å². The highest BCUT2D eigenvalue weighted by Crippen LogP contribution is 2.29. The predicted molar refractivity (Wildman–Crippen MR) is 95.1 cm³/mol. The summed E-state index contributed by atoms with van der Waals surface area (Å²) in [6, 6.07) is 16.0. The normalized spacial score (nSPS) is 13.5. The van der Waals surface area contributed by atoms with Crippen molar-refractivity contribution in [3.05, 3.63) is 64.7 Å². The number of carbonyl (C=O) groups excluding carboxylic acids is 1. The molecule has 1 amide bonds. The van der Waals surface area contributed by atoms with Crippen molar-refractivity contribution in [2.24, 2.45) is 0 Å². The van der Waals surface area contributed by atoms with Crippen molar-refractivity contribution in [1.82, 2.24) is 10.6 Å². The Kier molecular flexibility index (Phi) is 5.72. The van der Waals surface area contributed by atoms with Crippen LogP contribution in [0, 0.1) is 0 Å². The highest BCUT2D eigenvalue weighted by Gasteiger charge is 2.21. The molecule has 0 spiro atoms. The zero-order valence-electron chi connectivity index (χ0n) is 13.4. The molecule has 2 N–H and O–H groups in total. The SMILES string of the molecule is O=C(COc1c(Cl)cccc1CNC1CC1)NCc1ccccc1. The van der Waals surface area contributed by atoms with E-state index in [9.17, 15) is 4.79 Å². The van der Waals surface area contributed by atoms with Gasteiger partial charge in [-0.15, -0.1) is 0 Å². The van der Waals surface area contributed by atoms with E-state index in [1.54, 1.807) is 6.07 Å². The molecule has 0 bridgehead atoms. The van der Waals surface area contributed by atoms with Crippen LogP contribution >= 0.6 is 11.6 Å². The summed E-state index contributed by atoms with van der Waals surface area (Å²) in [6.07, 6.45) is 2.44. The highest BCUT2D eigenvalue weighted by molar-refractivity contribution is 6.32. The Morgan fingerprint density at radius 2 is 1.88 bits per heavy atom. The Morgan fingerprint density at radius 1 is 1.08 bits per heavy atom. The quantitative estimate of drug-likeness (QED) is 0.772. The molecule has 2 aromatic rings. The number of nitrogens with one attached hydrogen (secondary N) is 2. The molecule has 1 saturated carbocycles. The van der Waals surface area contributed by atoms with Gasteiger partial charge in [-0.3, -0.25) is 4.79 Å². The van der Waals surface area contributed by atoms with E-state index in [0.29, 0.717) is 29.9 Å². The molecule has 1 aliphatic carbocycles. The number of carbonyl (C=O) groups is 1. The average Bonchev–Trinajstić information content (AvgIpc) is 3.42. The molecule has 3 rings (SSSR count). The molecule has 24 heavy (non-hydrogen) atoms. The van der Waals surface area contributed by atoms with E-state index in [1.807, 2.05) is 42.5 Å².